The van der Waals surface area contributed by atoms with E-state index in [9.17, 15) is 9.59 Å². The minimum absolute atomic E-state index is 0.159. The van der Waals surface area contributed by atoms with E-state index in [1.807, 2.05) is 0 Å². The second-order valence-corrected chi connectivity index (χ2v) is 5.91. The molecule has 2 N–H and O–H groups in total. The van der Waals surface area contributed by atoms with Crippen LogP contribution in [0.15, 0.2) is 29.3 Å². The summed E-state index contributed by atoms with van der Waals surface area (Å²) >= 11 is 0. The van der Waals surface area contributed by atoms with Gasteiger partial charge in [-0.3, -0.25) is 14.7 Å². The number of aromatic nitrogens is 4. The van der Waals surface area contributed by atoms with Crippen molar-refractivity contribution in [2.45, 2.75) is 19.8 Å². The maximum absolute atomic E-state index is 12.4. The first-order valence-electron chi connectivity index (χ1n) is 8.23. The van der Waals surface area contributed by atoms with Crippen molar-refractivity contribution < 1.29 is 14.3 Å². The molecule has 0 unspecified atom stereocenters. The predicted molar refractivity (Wildman–Crippen MR) is 92.7 cm³/mol. The van der Waals surface area contributed by atoms with Crippen LogP contribution in [0.25, 0.3) is 5.78 Å². The SMILES string of the molecule is Cc1nc2nc[nH]n2c(=O)c1CCC(=O)Nc1ccc2c(c1)OCCO2. The number of nitrogens with one attached hydrogen (secondary N) is 2. The topological polar surface area (TPSA) is 111 Å². The third kappa shape index (κ3) is 2.99. The van der Waals surface area contributed by atoms with Crippen molar-refractivity contribution in [1.82, 2.24) is 19.6 Å². The van der Waals surface area contributed by atoms with E-state index < -0.39 is 0 Å². The summed E-state index contributed by atoms with van der Waals surface area (Å²) in [7, 11) is 0. The molecule has 4 rings (SSSR count). The molecular weight excluding hydrogens is 338 g/mol. The van der Waals surface area contributed by atoms with Gasteiger partial charge in [-0.1, -0.05) is 0 Å². The molecular formula is C17H17N5O4. The van der Waals surface area contributed by atoms with Gasteiger partial charge in [-0.15, -0.1) is 0 Å². The number of anilines is 1. The molecule has 0 radical (unpaired) electrons. The Kier molecular flexibility index (Phi) is 4.04. The zero-order chi connectivity index (χ0) is 18.1. The second kappa shape index (κ2) is 6.51. The Balaban J connectivity index is 1.45. The molecule has 0 saturated carbocycles. The molecule has 0 spiro atoms. The number of amides is 1. The van der Waals surface area contributed by atoms with Gasteiger partial charge in [0.2, 0.25) is 5.91 Å². The van der Waals surface area contributed by atoms with Crippen LogP contribution >= 0.6 is 0 Å². The number of aromatic amines is 1. The largest absolute Gasteiger partial charge is 0.486 e. The van der Waals surface area contributed by atoms with E-state index in [4.69, 9.17) is 9.47 Å². The van der Waals surface area contributed by atoms with Crippen LogP contribution in [-0.2, 0) is 11.2 Å². The normalized spacial score (nSPS) is 13.0. The maximum Gasteiger partial charge on any atom is 0.277 e. The van der Waals surface area contributed by atoms with Crippen LogP contribution in [0.2, 0.25) is 0 Å². The van der Waals surface area contributed by atoms with Gasteiger partial charge in [0.15, 0.2) is 11.5 Å². The maximum atomic E-state index is 12.4. The van der Waals surface area contributed by atoms with Crippen LogP contribution < -0.4 is 20.3 Å². The highest BCUT2D eigenvalue weighted by Crippen LogP contribution is 2.32. The average Bonchev–Trinajstić information content (AvgIpc) is 3.10. The average molecular weight is 355 g/mol. The van der Waals surface area contributed by atoms with Gasteiger partial charge >= 0.3 is 0 Å². The summed E-state index contributed by atoms with van der Waals surface area (Å²) in [6.07, 6.45) is 1.85. The van der Waals surface area contributed by atoms with Crippen molar-refractivity contribution in [2.24, 2.45) is 0 Å². The van der Waals surface area contributed by atoms with Crippen molar-refractivity contribution in [1.29, 1.82) is 0 Å². The van der Waals surface area contributed by atoms with E-state index in [-0.39, 0.29) is 24.3 Å². The minimum atomic E-state index is -0.239. The Morgan fingerprint density at radius 2 is 2.12 bits per heavy atom. The molecule has 0 atom stereocenters. The second-order valence-electron chi connectivity index (χ2n) is 5.91. The Hall–Kier alpha value is -3.36. The van der Waals surface area contributed by atoms with Gasteiger partial charge < -0.3 is 14.8 Å². The van der Waals surface area contributed by atoms with E-state index in [2.05, 4.69) is 20.4 Å². The Morgan fingerprint density at radius 1 is 1.31 bits per heavy atom. The highest BCUT2D eigenvalue weighted by Gasteiger charge is 2.15. The van der Waals surface area contributed by atoms with Gasteiger partial charge in [-0.25, -0.2) is 9.97 Å². The van der Waals surface area contributed by atoms with E-state index >= 15 is 0 Å². The highest BCUT2D eigenvalue weighted by atomic mass is 16.6. The molecule has 9 heteroatoms. The van der Waals surface area contributed by atoms with Crippen LogP contribution in [0.1, 0.15) is 17.7 Å². The number of fused-ring (bicyclic) bond motifs is 2. The fourth-order valence-corrected chi connectivity index (χ4v) is 2.87. The zero-order valence-corrected chi connectivity index (χ0v) is 14.1. The number of aryl methyl sites for hydroxylation is 1. The standard InChI is InChI=1S/C17H17N5O4/c1-10-12(16(24)22-17(20-10)18-9-19-22)3-5-15(23)21-11-2-4-13-14(8-11)26-7-6-25-13/h2,4,8-9H,3,5-7H2,1H3,(H,21,23)(H,18,19,20). The van der Waals surface area contributed by atoms with Crippen LogP contribution in [0.4, 0.5) is 5.69 Å². The van der Waals surface area contributed by atoms with Gasteiger partial charge in [0.05, 0.1) is 5.69 Å². The highest BCUT2D eigenvalue weighted by molar-refractivity contribution is 5.91. The van der Waals surface area contributed by atoms with Crippen LogP contribution in [0.3, 0.4) is 0 Å². The molecule has 1 aromatic carbocycles. The lowest BCUT2D eigenvalue weighted by Gasteiger charge is -2.19. The van der Waals surface area contributed by atoms with Gasteiger partial charge in [-0.2, -0.15) is 4.52 Å². The Labute approximate surface area is 148 Å². The summed E-state index contributed by atoms with van der Waals surface area (Å²) in [4.78, 5) is 32.9. The number of H-pyrrole nitrogens is 1. The molecule has 9 nitrogen and oxygen atoms in total. The summed E-state index contributed by atoms with van der Waals surface area (Å²) in [6.45, 7) is 2.74. The zero-order valence-electron chi connectivity index (χ0n) is 14.1. The van der Waals surface area contributed by atoms with Crippen molar-refractivity contribution in [2.75, 3.05) is 18.5 Å². The predicted octanol–water partition coefficient (Wildman–Crippen LogP) is 1.07. The molecule has 1 aliphatic heterocycles. The van der Waals surface area contributed by atoms with Gasteiger partial charge in [0, 0.05) is 23.7 Å². The quantitative estimate of drug-likeness (QED) is 0.724. The molecule has 2 aromatic heterocycles. The molecule has 26 heavy (non-hydrogen) atoms. The van der Waals surface area contributed by atoms with Crippen LogP contribution in [0, 0.1) is 6.92 Å². The number of ether oxygens (including phenoxy) is 2. The molecule has 1 amide bonds. The van der Waals surface area contributed by atoms with E-state index in [1.165, 1.54) is 10.8 Å². The van der Waals surface area contributed by atoms with E-state index in [0.29, 0.717) is 47.4 Å². The van der Waals surface area contributed by atoms with E-state index in [1.54, 1.807) is 25.1 Å². The number of nitrogens with zero attached hydrogens (tertiary/aromatic N) is 3. The number of hydrogen-bond acceptors (Lipinski definition) is 6. The monoisotopic (exact) mass is 355 g/mol. The van der Waals surface area contributed by atoms with Crippen molar-refractivity contribution in [3.8, 4) is 11.5 Å². The minimum Gasteiger partial charge on any atom is -0.486 e. The number of carbonyl (C=O) groups is 1. The number of rotatable bonds is 4. The smallest absolute Gasteiger partial charge is 0.277 e. The fourth-order valence-electron chi connectivity index (χ4n) is 2.87. The first-order valence-corrected chi connectivity index (χ1v) is 8.23. The van der Waals surface area contributed by atoms with Gasteiger partial charge in [0.1, 0.15) is 19.5 Å². The lowest BCUT2D eigenvalue weighted by atomic mass is 10.1. The summed E-state index contributed by atoms with van der Waals surface area (Å²) in [5.74, 6) is 1.39. The van der Waals surface area contributed by atoms with Gasteiger partial charge in [-0.05, 0) is 25.5 Å². The van der Waals surface area contributed by atoms with Crippen molar-refractivity contribution in [3.63, 3.8) is 0 Å². The Morgan fingerprint density at radius 3 is 2.96 bits per heavy atom. The first kappa shape index (κ1) is 16.1. The third-order valence-electron chi connectivity index (χ3n) is 4.16. The molecule has 3 heterocycles. The van der Waals surface area contributed by atoms with Crippen molar-refractivity contribution in [3.05, 3.63) is 46.1 Å². The molecule has 1 aliphatic rings. The summed E-state index contributed by atoms with van der Waals surface area (Å²) in [5.41, 5.74) is 1.45. The molecule has 0 bridgehead atoms. The number of benzene rings is 1. The van der Waals surface area contributed by atoms with Gasteiger partial charge in [0.25, 0.3) is 11.3 Å². The fraction of sp³-hybridized carbons (Fsp3) is 0.294. The summed E-state index contributed by atoms with van der Waals surface area (Å²) in [6, 6.07) is 5.24. The van der Waals surface area contributed by atoms with Crippen molar-refractivity contribution >= 4 is 17.4 Å². The lowest BCUT2D eigenvalue weighted by Crippen LogP contribution is -2.23. The molecule has 3 aromatic rings. The first-order chi connectivity index (χ1) is 12.6. The van der Waals surface area contributed by atoms with E-state index in [0.717, 1.165) is 0 Å². The molecule has 0 fully saturated rings. The lowest BCUT2D eigenvalue weighted by molar-refractivity contribution is -0.116. The summed E-state index contributed by atoms with van der Waals surface area (Å²) in [5, 5.41) is 5.53. The molecule has 0 saturated heterocycles. The van der Waals surface area contributed by atoms with Crippen LogP contribution in [0.5, 0.6) is 11.5 Å². The number of hydrogen-bond donors (Lipinski definition) is 2. The molecule has 0 aliphatic carbocycles. The molecule has 134 valence electrons. The third-order valence-corrected chi connectivity index (χ3v) is 4.16. The van der Waals surface area contributed by atoms with Crippen LogP contribution in [-0.4, -0.2) is 38.7 Å². The summed E-state index contributed by atoms with van der Waals surface area (Å²) < 4.78 is 12.2. The number of carbonyl (C=O) groups excluding carboxylic acids is 1. The Bertz CT molecular complexity index is 1040.